The molecule has 2 heterocycles. The molecule has 0 aromatic carbocycles. The maximum atomic E-state index is 12.3. The molecule has 1 unspecified atom stereocenters. The molecule has 1 saturated heterocycles. The van der Waals surface area contributed by atoms with Gasteiger partial charge in [-0.2, -0.15) is 0 Å². The van der Waals surface area contributed by atoms with Gasteiger partial charge in [0.1, 0.15) is 0 Å². The Morgan fingerprint density at radius 3 is 2.65 bits per heavy atom. The summed E-state index contributed by atoms with van der Waals surface area (Å²) < 4.78 is 22.6. The standard InChI is InChI=1S/C13H19N3O3S/c1-13(7-3-4-8-15-13)12(17)16-10-5-6-11(14-9-10)20(2,18)19/h5-6,9,15H,3-4,7-8H2,1-2H3,(H,16,17). The Morgan fingerprint density at radius 2 is 2.15 bits per heavy atom. The molecule has 1 aromatic heterocycles. The van der Waals surface area contributed by atoms with Gasteiger partial charge in [0.05, 0.1) is 17.4 Å². The molecule has 1 amide bonds. The summed E-state index contributed by atoms with van der Waals surface area (Å²) in [6, 6.07) is 2.94. The number of pyridine rings is 1. The second-order valence-corrected chi connectivity index (χ2v) is 7.29. The number of sulfone groups is 1. The number of hydrogen-bond donors (Lipinski definition) is 2. The third kappa shape index (κ3) is 3.34. The molecule has 20 heavy (non-hydrogen) atoms. The minimum atomic E-state index is -3.32. The lowest BCUT2D eigenvalue weighted by Gasteiger charge is -2.33. The van der Waals surface area contributed by atoms with E-state index in [1.807, 2.05) is 6.92 Å². The molecule has 0 bridgehead atoms. The highest BCUT2D eigenvalue weighted by molar-refractivity contribution is 7.90. The molecule has 1 aliphatic rings. The van der Waals surface area contributed by atoms with Gasteiger partial charge in [-0.25, -0.2) is 13.4 Å². The van der Waals surface area contributed by atoms with Crippen LogP contribution in [-0.2, 0) is 14.6 Å². The van der Waals surface area contributed by atoms with Crippen LogP contribution in [0.25, 0.3) is 0 Å². The molecule has 1 aromatic rings. The van der Waals surface area contributed by atoms with E-state index in [2.05, 4.69) is 15.6 Å². The van der Waals surface area contributed by atoms with E-state index < -0.39 is 15.4 Å². The van der Waals surface area contributed by atoms with E-state index in [1.54, 1.807) is 6.07 Å². The predicted molar refractivity (Wildman–Crippen MR) is 76.2 cm³/mol. The number of amides is 1. The first-order valence-electron chi connectivity index (χ1n) is 6.54. The highest BCUT2D eigenvalue weighted by Gasteiger charge is 2.34. The summed E-state index contributed by atoms with van der Waals surface area (Å²) in [7, 11) is -3.32. The quantitative estimate of drug-likeness (QED) is 0.867. The van der Waals surface area contributed by atoms with Gasteiger partial charge in [0.2, 0.25) is 5.91 Å². The van der Waals surface area contributed by atoms with Crippen LogP contribution in [0.5, 0.6) is 0 Å². The van der Waals surface area contributed by atoms with Crippen LogP contribution in [0.15, 0.2) is 23.4 Å². The molecule has 0 aliphatic carbocycles. The number of anilines is 1. The van der Waals surface area contributed by atoms with Crippen LogP contribution in [0.2, 0.25) is 0 Å². The summed E-state index contributed by atoms with van der Waals surface area (Å²) in [6.07, 6.45) is 5.34. The smallest absolute Gasteiger partial charge is 0.244 e. The summed E-state index contributed by atoms with van der Waals surface area (Å²) in [5, 5.41) is 5.99. The minimum Gasteiger partial charge on any atom is -0.323 e. The molecule has 0 spiro atoms. The lowest BCUT2D eigenvalue weighted by Crippen LogP contribution is -2.54. The number of nitrogens with zero attached hydrogens (tertiary/aromatic N) is 1. The largest absolute Gasteiger partial charge is 0.323 e. The van der Waals surface area contributed by atoms with Gasteiger partial charge in [0.15, 0.2) is 14.9 Å². The molecule has 2 rings (SSSR count). The zero-order valence-corrected chi connectivity index (χ0v) is 12.5. The molecule has 6 nitrogen and oxygen atoms in total. The average molecular weight is 297 g/mol. The van der Waals surface area contributed by atoms with E-state index in [9.17, 15) is 13.2 Å². The Hall–Kier alpha value is -1.47. The maximum absolute atomic E-state index is 12.3. The predicted octanol–water partition coefficient (Wildman–Crippen LogP) is 0.956. The second kappa shape index (κ2) is 5.49. The van der Waals surface area contributed by atoms with E-state index >= 15 is 0 Å². The van der Waals surface area contributed by atoms with E-state index in [0.29, 0.717) is 5.69 Å². The van der Waals surface area contributed by atoms with Crippen molar-refractivity contribution in [2.75, 3.05) is 18.1 Å². The van der Waals surface area contributed by atoms with Crippen LogP contribution in [0.4, 0.5) is 5.69 Å². The van der Waals surface area contributed by atoms with Crippen molar-refractivity contribution in [3.63, 3.8) is 0 Å². The van der Waals surface area contributed by atoms with Crippen molar-refractivity contribution in [2.24, 2.45) is 0 Å². The van der Waals surface area contributed by atoms with Crippen LogP contribution in [0, 0.1) is 0 Å². The van der Waals surface area contributed by atoms with Crippen molar-refractivity contribution in [1.29, 1.82) is 0 Å². The number of hydrogen-bond acceptors (Lipinski definition) is 5. The summed E-state index contributed by atoms with van der Waals surface area (Å²) in [6.45, 7) is 2.70. The fourth-order valence-corrected chi connectivity index (χ4v) is 2.75. The molecule has 7 heteroatoms. The lowest BCUT2D eigenvalue weighted by molar-refractivity contribution is -0.122. The van der Waals surface area contributed by atoms with Gasteiger partial charge in [-0.1, -0.05) is 0 Å². The van der Waals surface area contributed by atoms with Gasteiger partial charge in [0.25, 0.3) is 0 Å². The first-order valence-corrected chi connectivity index (χ1v) is 8.43. The van der Waals surface area contributed by atoms with Crippen molar-refractivity contribution in [2.45, 2.75) is 36.8 Å². The molecular weight excluding hydrogens is 278 g/mol. The Morgan fingerprint density at radius 1 is 1.40 bits per heavy atom. The monoisotopic (exact) mass is 297 g/mol. The molecule has 0 radical (unpaired) electrons. The SMILES string of the molecule is CC1(C(=O)Nc2ccc(S(C)(=O)=O)nc2)CCCCN1. The summed E-state index contributed by atoms with van der Waals surface area (Å²) >= 11 is 0. The van der Waals surface area contributed by atoms with Gasteiger partial charge in [-0.3, -0.25) is 4.79 Å². The van der Waals surface area contributed by atoms with Gasteiger partial charge < -0.3 is 10.6 Å². The van der Waals surface area contributed by atoms with E-state index in [-0.39, 0.29) is 10.9 Å². The van der Waals surface area contributed by atoms with Gasteiger partial charge in [-0.05, 0) is 44.9 Å². The molecule has 0 saturated carbocycles. The highest BCUT2D eigenvalue weighted by atomic mass is 32.2. The molecule has 2 N–H and O–H groups in total. The maximum Gasteiger partial charge on any atom is 0.244 e. The number of rotatable bonds is 3. The van der Waals surface area contributed by atoms with Crippen molar-refractivity contribution < 1.29 is 13.2 Å². The molecule has 1 fully saturated rings. The number of aromatic nitrogens is 1. The summed E-state index contributed by atoms with van der Waals surface area (Å²) in [5.74, 6) is -0.119. The molecule has 1 aliphatic heterocycles. The average Bonchev–Trinajstić information content (AvgIpc) is 2.39. The fraction of sp³-hybridized carbons (Fsp3) is 0.538. The summed E-state index contributed by atoms with van der Waals surface area (Å²) in [4.78, 5) is 16.1. The van der Waals surface area contributed by atoms with Crippen LogP contribution < -0.4 is 10.6 Å². The Bertz CT molecular complexity index is 590. The fourth-order valence-electron chi connectivity index (χ4n) is 2.19. The second-order valence-electron chi connectivity index (χ2n) is 5.33. The molecule has 110 valence electrons. The van der Waals surface area contributed by atoms with Gasteiger partial charge in [0, 0.05) is 6.26 Å². The summed E-state index contributed by atoms with van der Waals surface area (Å²) in [5.41, 5.74) is -0.0793. The van der Waals surface area contributed by atoms with Gasteiger partial charge in [-0.15, -0.1) is 0 Å². The van der Waals surface area contributed by atoms with E-state index in [0.717, 1.165) is 32.1 Å². The van der Waals surface area contributed by atoms with Crippen LogP contribution in [0.3, 0.4) is 0 Å². The Kier molecular flexibility index (Phi) is 4.10. The van der Waals surface area contributed by atoms with Crippen LogP contribution >= 0.6 is 0 Å². The number of piperidine rings is 1. The highest BCUT2D eigenvalue weighted by Crippen LogP contribution is 2.21. The number of carbonyl (C=O) groups excluding carboxylic acids is 1. The lowest BCUT2D eigenvalue weighted by atomic mass is 9.90. The minimum absolute atomic E-state index is 0.00231. The van der Waals surface area contributed by atoms with Crippen molar-refractivity contribution in [3.05, 3.63) is 18.3 Å². The number of nitrogens with one attached hydrogen (secondary N) is 2. The van der Waals surface area contributed by atoms with E-state index in [4.69, 9.17) is 0 Å². The first kappa shape index (κ1) is 14.9. The van der Waals surface area contributed by atoms with Crippen molar-refractivity contribution >= 4 is 21.4 Å². The van der Waals surface area contributed by atoms with Crippen molar-refractivity contribution in [1.82, 2.24) is 10.3 Å². The molecule has 1 atom stereocenters. The normalized spacial score (nSPS) is 23.3. The van der Waals surface area contributed by atoms with Crippen molar-refractivity contribution in [3.8, 4) is 0 Å². The number of carbonyl (C=O) groups is 1. The zero-order chi connectivity index (χ0) is 14.8. The van der Waals surface area contributed by atoms with Crippen LogP contribution in [-0.4, -0.2) is 37.6 Å². The van der Waals surface area contributed by atoms with Gasteiger partial charge >= 0.3 is 0 Å². The van der Waals surface area contributed by atoms with E-state index in [1.165, 1.54) is 12.3 Å². The third-order valence-corrected chi connectivity index (χ3v) is 4.50. The topological polar surface area (TPSA) is 88.2 Å². The first-order chi connectivity index (χ1) is 9.31. The third-order valence-electron chi connectivity index (χ3n) is 3.49. The van der Waals surface area contributed by atoms with Crippen LogP contribution in [0.1, 0.15) is 26.2 Å². The Balaban J connectivity index is 2.08. The molecular formula is C13H19N3O3S. The zero-order valence-electron chi connectivity index (χ0n) is 11.6. The Labute approximate surface area is 118 Å².